The van der Waals surface area contributed by atoms with E-state index in [2.05, 4.69) is 10.3 Å². The molecule has 1 heterocycles. The largest absolute Gasteiger partial charge is 0.465 e. The summed E-state index contributed by atoms with van der Waals surface area (Å²) in [6.45, 7) is 1.99. The number of hydrogen-bond acceptors (Lipinski definition) is 7. The van der Waals surface area contributed by atoms with Gasteiger partial charge < -0.3 is 15.5 Å². The Balaban J connectivity index is 2.43. The SMILES string of the molecule is [2H]c1ccc(C([2H])([2H])[C@]([2H])(N(C(=O)O)C(C)(C)C)[C@]([2H])(O)C([2H])([2H])N(CC(C)C)S(=O)(=O)c2ccc3nc(NC)sc3c2)c([2H])c1[2H]. The number of aliphatic hydroxyl groups is 1. The summed E-state index contributed by atoms with van der Waals surface area (Å²) in [6, 6.07) is -0.836. The number of anilines is 1. The standard InChI is InChI=1S/C27H38N4O5S2/c1-18(2)16-30(38(35,36)20-12-13-21-24(15-20)37-25(28-6)29-21)17-23(32)22(14-19-10-8-7-9-11-19)31(26(33)34)27(3,4)5/h7-13,15,18,22-23,32H,14,16-17H2,1-6H3,(H,28,29)(H,33,34)/t22-,23+/m0/s1/i7D,8D,10D,14D2,17D2,22D,23D. The Kier molecular flexibility index (Phi) is 6.10. The van der Waals surface area contributed by atoms with Crippen LogP contribution in [-0.4, -0.2) is 76.6 Å². The number of fused-ring (bicyclic) bond motifs is 1. The van der Waals surface area contributed by atoms with Crippen LogP contribution in [0.5, 0.6) is 0 Å². The third-order valence-electron chi connectivity index (χ3n) is 5.09. The molecule has 0 unspecified atom stereocenters. The first kappa shape index (κ1) is 19.3. The van der Waals surface area contributed by atoms with E-state index in [0.717, 1.165) is 29.5 Å². The Morgan fingerprint density at radius 1 is 1.29 bits per heavy atom. The molecule has 0 saturated carbocycles. The van der Waals surface area contributed by atoms with E-state index in [1.807, 2.05) is 0 Å². The molecule has 2 aromatic carbocycles. The van der Waals surface area contributed by atoms with Crippen molar-refractivity contribution in [2.24, 2.45) is 5.92 Å². The van der Waals surface area contributed by atoms with Gasteiger partial charge in [-0.15, -0.1) is 0 Å². The fraction of sp³-hybridized carbons (Fsp3) is 0.481. The summed E-state index contributed by atoms with van der Waals surface area (Å²) >= 11 is 1.10. The van der Waals surface area contributed by atoms with Crippen LogP contribution in [-0.2, 0) is 16.4 Å². The van der Waals surface area contributed by atoms with E-state index in [1.165, 1.54) is 46.8 Å². The lowest BCUT2D eigenvalue weighted by atomic mass is 9.94. The van der Waals surface area contributed by atoms with Crippen LogP contribution in [0.1, 0.15) is 52.5 Å². The van der Waals surface area contributed by atoms with Crippen LogP contribution in [0.3, 0.4) is 0 Å². The van der Waals surface area contributed by atoms with Gasteiger partial charge in [0, 0.05) is 31.1 Å². The van der Waals surface area contributed by atoms with Crippen LogP contribution < -0.4 is 5.32 Å². The number of amides is 1. The highest BCUT2D eigenvalue weighted by atomic mass is 32.2. The molecule has 3 N–H and O–H groups in total. The van der Waals surface area contributed by atoms with Crippen LogP contribution in [0.25, 0.3) is 10.2 Å². The predicted octanol–water partition coefficient (Wildman–Crippen LogP) is 4.74. The lowest BCUT2D eigenvalue weighted by molar-refractivity contribution is 0.000541. The van der Waals surface area contributed by atoms with E-state index in [4.69, 9.17) is 11.0 Å². The maximum absolute atomic E-state index is 14.3. The molecule has 0 spiro atoms. The summed E-state index contributed by atoms with van der Waals surface area (Å²) < 4.78 is 108. The van der Waals surface area contributed by atoms with Gasteiger partial charge in [-0.2, -0.15) is 4.31 Å². The quantitative estimate of drug-likeness (QED) is 0.304. The van der Waals surface area contributed by atoms with Gasteiger partial charge in [-0.3, -0.25) is 4.90 Å². The maximum atomic E-state index is 14.3. The summed E-state index contributed by atoms with van der Waals surface area (Å²) in [4.78, 5) is 16.7. The lowest BCUT2D eigenvalue weighted by Crippen LogP contribution is -2.58. The smallest absolute Gasteiger partial charge is 0.408 e. The van der Waals surface area contributed by atoms with Gasteiger partial charge in [-0.05, 0) is 56.8 Å². The Labute approximate surface area is 241 Å². The van der Waals surface area contributed by atoms with Crippen molar-refractivity contribution in [1.29, 1.82) is 0 Å². The molecule has 0 fully saturated rings. The summed E-state index contributed by atoms with van der Waals surface area (Å²) in [7, 11) is -3.41. The van der Waals surface area contributed by atoms with Gasteiger partial charge in [0.1, 0.15) is 0 Å². The van der Waals surface area contributed by atoms with Crippen LogP contribution in [0.4, 0.5) is 9.93 Å². The minimum absolute atomic E-state index is 0.00528. The molecule has 0 radical (unpaired) electrons. The average molecular weight is 572 g/mol. The highest BCUT2D eigenvalue weighted by Crippen LogP contribution is 2.30. The minimum Gasteiger partial charge on any atom is -0.465 e. The molecule has 38 heavy (non-hydrogen) atoms. The molecule has 208 valence electrons. The van der Waals surface area contributed by atoms with Crippen molar-refractivity contribution in [1.82, 2.24) is 14.2 Å². The number of aromatic nitrogens is 1. The number of carbonyl (C=O) groups is 1. The van der Waals surface area contributed by atoms with E-state index in [1.54, 1.807) is 7.05 Å². The third-order valence-corrected chi connectivity index (χ3v) is 7.80. The predicted molar refractivity (Wildman–Crippen MR) is 152 cm³/mol. The van der Waals surface area contributed by atoms with Crippen LogP contribution in [0.2, 0.25) is 0 Å². The summed E-state index contributed by atoms with van der Waals surface area (Å²) in [5, 5.41) is 25.7. The van der Waals surface area contributed by atoms with Gasteiger partial charge in [0.15, 0.2) is 5.13 Å². The molecule has 0 aliphatic rings. The van der Waals surface area contributed by atoms with Gasteiger partial charge >= 0.3 is 6.09 Å². The Hall–Kier alpha value is -2.73. The third kappa shape index (κ3) is 7.02. The molecule has 3 aromatic rings. The Morgan fingerprint density at radius 3 is 2.61 bits per heavy atom. The minimum atomic E-state index is -5.02. The molecule has 3 rings (SSSR count). The lowest BCUT2D eigenvalue weighted by Gasteiger charge is -2.42. The number of thiazole rings is 1. The van der Waals surface area contributed by atoms with E-state index in [0.29, 0.717) is 15.3 Å². The molecular weight excluding hydrogens is 524 g/mol. The number of carboxylic acid groups (broad SMARTS) is 1. The highest BCUT2D eigenvalue weighted by molar-refractivity contribution is 7.89. The zero-order chi connectivity index (χ0) is 36.3. The Morgan fingerprint density at radius 2 is 2.00 bits per heavy atom. The first-order valence-corrected chi connectivity index (χ1v) is 13.9. The van der Waals surface area contributed by atoms with Crippen LogP contribution >= 0.6 is 11.3 Å². The van der Waals surface area contributed by atoms with Gasteiger partial charge in [0.2, 0.25) is 10.0 Å². The topological polar surface area (TPSA) is 123 Å². The fourth-order valence-corrected chi connectivity index (χ4v) is 5.85. The average Bonchev–Trinajstić information content (AvgIpc) is 3.35. The van der Waals surface area contributed by atoms with Gasteiger partial charge in [-0.25, -0.2) is 18.2 Å². The highest BCUT2D eigenvalue weighted by Gasteiger charge is 2.39. The van der Waals surface area contributed by atoms with E-state index in [9.17, 15) is 24.8 Å². The molecule has 0 aliphatic heterocycles. The second kappa shape index (κ2) is 12.0. The normalized spacial score (nSPS) is 20.0. The number of rotatable bonds is 11. The van der Waals surface area contributed by atoms with E-state index >= 15 is 0 Å². The number of nitrogens with one attached hydrogen (secondary N) is 1. The van der Waals surface area contributed by atoms with Crippen LogP contribution in [0.15, 0.2) is 53.4 Å². The molecule has 2 atom stereocenters. The maximum Gasteiger partial charge on any atom is 0.408 e. The first-order chi connectivity index (χ1) is 21.2. The van der Waals surface area contributed by atoms with E-state index < -0.39 is 87.7 Å². The summed E-state index contributed by atoms with van der Waals surface area (Å²) in [6.07, 6.45) is -10.0. The molecule has 9 nitrogen and oxygen atoms in total. The van der Waals surface area contributed by atoms with Crippen molar-refractivity contribution in [2.45, 2.75) is 63.5 Å². The zero-order valence-electron chi connectivity index (χ0n) is 30.9. The number of nitrogens with zero attached hydrogens (tertiary/aromatic N) is 3. The van der Waals surface area contributed by atoms with Gasteiger partial charge in [0.05, 0.1) is 34.1 Å². The zero-order valence-corrected chi connectivity index (χ0v) is 23.6. The Bertz CT molecular complexity index is 1780. The molecule has 1 amide bonds. The summed E-state index contributed by atoms with van der Waals surface area (Å²) in [5.74, 6) is -0.663. The van der Waals surface area contributed by atoms with Crippen molar-refractivity contribution >= 4 is 42.8 Å². The molecule has 0 aliphatic carbocycles. The molecule has 11 heteroatoms. The number of sulfonamides is 1. The van der Waals surface area contributed by atoms with Gasteiger partial charge in [-0.1, -0.05) is 55.4 Å². The van der Waals surface area contributed by atoms with Crippen molar-refractivity contribution < 1.29 is 35.8 Å². The summed E-state index contributed by atoms with van der Waals surface area (Å²) in [5.41, 5.74) is -2.31. The van der Waals surface area contributed by atoms with E-state index in [-0.39, 0.29) is 9.21 Å². The van der Waals surface area contributed by atoms with Crippen molar-refractivity contribution in [2.75, 3.05) is 25.4 Å². The van der Waals surface area contributed by atoms with Crippen LogP contribution in [0, 0.1) is 5.92 Å². The second-order valence-corrected chi connectivity index (χ2v) is 12.6. The molecular formula is C27H38N4O5S2. The first-order valence-electron chi connectivity index (χ1n) is 16.1. The van der Waals surface area contributed by atoms with Crippen molar-refractivity contribution in [3.05, 3.63) is 54.0 Å². The monoisotopic (exact) mass is 571 g/mol. The molecule has 0 bridgehead atoms. The van der Waals surface area contributed by atoms with Crippen molar-refractivity contribution in [3.63, 3.8) is 0 Å². The fourth-order valence-electron chi connectivity index (χ4n) is 3.46. The number of benzene rings is 2. The van der Waals surface area contributed by atoms with Crippen molar-refractivity contribution in [3.8, 4) is 0 Å². The molecule has 1 aromatic heterocycles. The van der Waals surface area contributed by atoms with Gasteiger partial charge in [0.25, 0.3) is 0 Å². The number of hydrogen-bond donors (Lipinski definition) is 3. The molecule has 0 saturated heterocycles. The second-order valence-electron chi connectivity index (χ2n) is 9.69.